The Morgan fingerprint density at radius 1 is 1.03 bits per heavy atom. The van der Waals surface area contributed by atoms with E-state index in [1.807, 2.05) is 33.8 Å². The molecule has 0 spiro atoms. The predicted molar refractivity (Wildman–Crippen MR) is 149 cm³/mol. The number of unbranched alkanes of at least 4 members (excludes halogenated alkanes) is 2. The van der Waals surface area contributed by atoms with Gasteiger partial charge in [-0.2, -0.15) is 4.98 Å². The van der Waals surface area contributed by atoms with Crippen molar-refractivity contribution in [3.63, 3.8) is 0 Å². The second-order valence-corrected chi connectivity index (χ2v) is 11.2. The van der Waals surface area contributed by atoms with E-state index in [1.165, 1.54) is 0 Å². The Labute approximate surface area is 222 Å². The lowest BCUT2D eigenvalue weighted by atomic mass is 9.80. The summed E-state index contributed by atoms with van der Waals surface area (Å²) in [6.07, 6.45) is 4.42. The smallest absolute Gasteiger partial charge is 0.224 e. The first-order valence-corrected chi connectivity index (χ1v) is 14.2. The first-order valence-electron chi connectivity index (χ1n) is 13.4. The molecule has 0 aromatic carbocycles. The number of nitrogens with one attached hydrogen (secondary N) is 2. The summed E-state index contributed by atoms with van der Waals surface area (Å²) >= 11 is 1.55. The number of hydrogen-bond donors (Lipinski definition) is 5. The maximum Gasteiger partial charge on any atom is 0.224 e. The van der Waals surface area contributed by atoms with Gasteiger partial charge in [0.1, 0.15) is 22.4 Å². The highest BCUT2D eigenvalue weighted by molar-refractivity contribution is 7.21. The van der Waals surface area contributed by atoms with Crippen LogP contribution in [0.1, 0.15) is 70.7 Å². The normalized spacial score (nSPS) is 22.1. The summed E-state index contributed by atoms with van der Waals surface area (Å²) in [5, 5.41) is 40.5. The molecule has 3 heterocycles. The van der Waals surface area contributed by atoms with E-state index in [4.69, 9.17) is 15.0 Å². The van der Waals surface area contributed by atoms with E-state index in [0.29, 0.717) is 31.0 Å². The number of aryl methyl sites for hydroxylation is 2. The molecule has 3 aromatic heterocycles. The summed E-state index contributed by atoms with van der Waals surface area (Å²) in [5.41, 5.74) is 2.21. The van der Waals surface area contributed by atoms with Crippen molar-refractivity contribution >= 4 is 33.3 Å². The molecule has 0 unspecified atom stereocenters. The molecule has 4 atom stereocenters. The van der Waals surface area contributed by atoms with Gasteiger partial charge < -0.3 is 26.0 Å². The molecule has 1 saturated carbocycles. The van der Waals surface area contributed by atoms with Crippen LogP contribution in [0.4, 0.5) is 11.8 Å². The van der Waals surface area contributed by atoms with Gasteiger partial charge in [0.2, 0.25) is 5.95 Å². The third kappa shape index (κ3) is 5.57. The maximum atomic E-state index is 11.1. The van der Waals surface area contributed by atoms with Gasteiger partial charge in [0.05, 0.1) is 39.4 Å². The van der Waals surface area contributed by atoms with E-state index in [0.717, 1.165) is 58.0 Å². The zero-order valence-electron chi connectivity index (χ0n) is 22.5. The molecule has 10 heteroatoms. The molecule has 0 bridgehead atoms. The third-order valence-electron chi connectivity index (χ3n) is 7.78. The Hall–Kier alpha value is -2.40. The van der Waals surface area contributed by atoms with E-state index >= 15 is 0 Å². The number of rotatable bonds is 11. The van der Waals surface area contributed by atoms with Gasteiger partial charge in [0, 0.05) is 18.7 Å². The zero-order chi connectivity index (χ0) is 26.7. The molecule has 9 nitrogen and oxygen atoms in total. The number of nitrogens with zero attached hydrogens (tertiary/aromatic N) is 4. The van der Waals surface area contributed by atoms with Crippen molar-refractivity contribution < 1.29 is 15.3 Å². The molecule has 3 aromatic rings. The van der Waals surface area contributed by atoms with Gasteiger partial charge >= 0.3 is 0 Å². The van der Waals surface area contributed by atoms with Crippen molar-refractivity contribution in [1.29, 1.82) is 0 Å². The van der Waals surface area contributed by atoms with Crippen LogP contribution in [0.5, 0.6) is 0 Å². The minimum atomic E-state index is -1.04. The predicted octanol–water partition coefficient (Wildman–Crippen LogP) is 4.44. The SMILES string of the molecule is CCCCCNc1nc(C)c(-c2nc3c(C)nccc3s2)c(N[C@@H]2C[C@H](C(O)(CC)CC)[C@@H](O)[C@H]2O)n1. The van der Waals surface area contributed by atoms with Crippen LogP contribution in [0.3, 0.4) is 0 Å². The molecule has 1 aliphatic rings. The molecule has 0 saturated heterocycles. The quantitative estimate of drug-likeness (QED) is 0.229. The number of aliphatic hydroxyl groups is 3. The highest BCUT2D eigenvalue weighted by atomic mass is 32.1. The Kier molecular flexibility index (Phi) is 8.63. The van der Waals surface area contributed by atoms with Gasteiger partial charge in [-0.05, 0) is 45.6 Å². The topological polar surface area (TPSA) is 136 Å². The molecular weight excluding hydrogens is 488 g/mol. The molecule has 5 N–H and O–H groups in total. The summed E-state index contributed by atoms with van der Waals surface area (Å²) in [6, 6.07) is 1.47. The van der Waals surface area contributed by atoms with Gasteiger partial charge in [0.25, 0.3) is 0 Å². The molecular formula is C27H40N6O3S. The van der Waals surface area contributed by atoms with E-state index in [-0.39, 0.29) is 0 Å². The largest absolute Gasteiger partial charge is 0.390 e. The first-order chi connectivity index (χ1) is 17.7. The van der Waals surface area contributed by atoms with Crippen molar-refractivity contribution in [2.75, 3.05) is 17.2 Å². The van der Waals surface area contributed by atoms with Crippen LogP contribution in [-0.4, -0.2) is 65.7 Å². The molecule has 0 amide bonds. The highest BCUT2D eigenvalue weighted by Crippen LogP contribution is 2.42. The average molecular weight is 529 g/mol. The van der Waals surface area contributed by atoms with Crippen LogP contribution in [-0.2, 0) is 0 Å². The summed E-state index contributed by atoms with van der Waals surface area (Å²) in [6.45, 7) is 10.6. The molecule has 4 rings (SSSR count). The molecule has 1 fully saturated rings. The van der Waals surface area contributed by atoms with Crippen molar-refractivity contribution in [1.82, 2.24) is 19.9 Å². The van der Waals surface area contributed by atoms with Crippen LogP contribution in [0, 0.1) is 19.8 Å². The minimum absolute atomic E-state index is 0.422. The van der Waals surface area contributed by atoms with Crippen LogP contribution in [0.2, 0.25) is 0 Å². The fourth-order valence-electron chi connectivity index (χ4n) is 5.34. The number of aromatic nitrogens is 4. The Bertz CT molecular complexity index is 1210. The first kappa shape index (κ1) is 27.6. The van der Waals surface area contributed by atoms with Crippen molar-refractivity contribution in [2.24, 2.45) is 5.92 Å². The summed E-state index contributed by atoms with van der Waals surface area (Å²) in [4.78, 5) is 18.8. The van der Waals surface area contributed by atoms with E-state index in [9.17, 15) is 15.3 Å². The Morgan fingerprint density at radius 2 is 1.78 bits per heavy atom. The lowest BCUT2D eigenvalue weighted by Crippen LogP contribution is -2.43. The highest BCUT2D eigenvalue weighted by Gasteiger charge is 2.50. The summed E-state index contributed by atoms with van der Waals surface area (Å²) < 4.78 is 1.03. The van der Waals surface area contributed by atoms with Crippen LogP contribution in [0.25, 0.3) is 20.8 Å². The number of fused-ring (bicyclic) bond motifs is 1. The van der Waals surface area contributed by atoms with E-state index in [2.05, 4.69) is 22.5 Å². The fourth-order valence-corrected chi connectivity index (χ4v) is 6.45. The zero-order valence-corrected chi connectivity index (χ0v) is 23.3. The van der Waals surface area contributed by atoms with Crippen LogP contribution >= 0.6 is 11.3 Å². The number of hydrogen-bond acceptors (Lipinski definition) is 10. The van der Waals surface area contributed by atoms with E-state index < -0.39 is 29.8 Å². The van der Waals surface area contributed by atoms with Gasteiger partial charge in [-0.3, -0.25) is 4.98 Å². The maximum absolute atomic E-state index is 11.1. The van der Waals surface area contributed by atoms with Crippen molar-refractivity contribution in [3.8, 4) is 10.6 Å². The Balaban J connectivity index is 1.71. The molecule has 37 heavy (non-hydrogen) atoms. The second-order valence-electron chi connectivity index (χ2n) is 10.1. The lowest BCUT2D eigenvalue weighted by molar-refractivity contribution is -0.0843. The van der Waals surface area contributed by atoms with Gasteiger partial charge in [-0.1, -0.05) is 33.6 Å². The standard InChI is InChI=1S/C27H40N6O3S/c1-6-9-10-12-29-26-30-15(4)20(25-32-21-16(5)28-13-11-19(21)37-25)24(33-26)31-18-14-17(22(34)23(18)35)27(36,7-2)8-3/h11,13,17-18,22-23,34-36H,6-10,12,14H2,1-5H3,(H2,29,30,31,33)/t17-,18+,22+,23-/m0/s1. The molecule has 1 aliphatic carbocycles. The van der Waals surface area contributed by atoms with Gasteiger partial charge in [-0.15, -0.1) is 11.3 Å². The van der Waals surface area contributed by atoms with Crippen LogP contribution in [0.15, 0.2) is 12.3 Å². The third-order valence-corrected chi connectivity index (χ3v) is 8.81. The molecule has 0 radical (unpaired) electrons. The minimum Gasteiger partial charge on any atom is -0.390 e. The number of anilines is 2. The van der Waals surface area contributed by atoms with Gasteiger partial charge in [0.15, 0.2) is 0 Å². The van der Waals surface area contributed by atoms with E-state index in [1.54, 1.807) is 17.5 Å². The lowest BCUT2D eigenvalue weighted by Gasteiger charge is -2.34. The van der Waals surface area contributed by atoms with Crippen LogP contribution < -0.4 is 10.6 Å². The second kappa shape index (κ2) is 11.6. The average Bonchev–Trinajstić information content (AvgIpc) is 3.44. The molecule has 0 aliphatic heterocycles. The summed E-state index contributed by atoms with van der Waals surface area (Å²) in [7, 11) is 0. The fraction of sp³-hybridized carbons (Fsp3) is 0.630. The van der Waals surface area contributed by atoms with Crippen molar-refractivity contribution in [2.45, 2.75) is 97.0 Å². The number of pyridine rings is 1. The van der Waals surface area contributed by atoms with Crippen molar-refractivity contribution in [3.05, 3.63) is 23.7 Å². The Morgan fingerprint density at radius 3 is 2.46 bits per heavy atom. The summed E-state index contributed by atoms with van der Waals surface area (Å²) in [5.74, 6) is 0.634. The molecule has 202 valence electrons. The number of aliphatic hydroxyl groups excluding tert-OH is 2. The monoisotopic (exact) mass is 528 g/mol. The van der Waals surface area contributed by atoms with Gasteiger partial charge in [-0.25, -0.2) is 9.97 Å². The number of thiazole rings is 1.